The van der Waals surface area contributed by atoms with Crippen LogP contribution in [-0.2, 0) is 11.2 Å². The van der Waals surface area contributed by atoms with E-state index in [4.69, 9.17) is 5.11 Å². The van der Waals surface area contributed by atoms with Crippen molar-refractivity contribution in [3.8, 4) is 0 Å². The zero-order valence-electron chi connectivity index (χ0n) is 7.24. The Hall–Kier alpha value is -1.50. The first-order valence-electron chi connectivity index (χ1n) is 3.76. The normalized spacial score (nSPS) is 10.0. The Morgan fingerprint density at radius 1 is 1.60 bits per heavy atom. The van der Waals surface area contributed by atoms with Gasteiger partial charge in [-0.15, -0.1) is 0 Å². The number of carboxylic acids is 1. The van der Waals surface area contributed by atoms with Crippen molar-refractivity contribution in [1.82, 2.24) is 0 Å². The van der Waals surface area contributed by atoms with E-state index in [-0.39, 0.29) is 10.0 Å². The van der Waals surface area contributed by atoms with Gasteiger partial charge in [0.1, 0.15) is 10.3 Å². The predicted octanol–water partition coefficient (Wildman–Crippen LogP) is 2.12. The summed E-state index contributed by atoms with van der Waals surface area (Å²) in [6.07, 6.45) is -0.511. The summed E-state index contributed by atoms with van der Waals surface area (Å²) in [5.74, 6) is -2.11. The Bertz CT molecular complexity index is 435. The first kappa shape index (κ1) is 11.6. The highest BCUT2D eigenvalue weighted by Gasteiger charge is 2.19. The van der Waals surface area contributed by atoms with Crippen LogP contribution in [-0.4, -0.2) is 16.0 Å². The average Bonchev–Trinajstić information content (AvgIpc) is 2.12. The molecule has 0 saturated heterocycles. The van der Waals surface area contributed by atoms with Crippen molar-refractivity contribution < 1.29 is 19.2 Å². The van der Waals surface area contributed by atoms with Crippen LogP contribution in [0.2, 0.25) is 0 Å². The van der Waals surface area contributed by atoms with Gasteiger partial charge in [0.25, 0.3) is 5.69 Å². The highest BCUT2D eigenvalue weighted by molar-refractivity contribution is 9.10. The summed E-state index contributed by atoms with van der Waals surface area (Å²) in [6, 6.07) is 2.15. The van der Waals surface area contributed by atoms with Crippen molar-refractivity contribution in [2.75, 3.05) is 0 Å². The van der Waals surface area contributed by atoms with E-state index in [2.05, 4.69) is 15.9 Å². The number of nitro benzene ring substituents is 1. The van der Waals surface area contributed by atoms with Crippen molar-refractivity contribution in [3.05, 3.63) is 38.1 Å². The molecule has 0 aromatic heterocycles. The standard InChI is InChI=1S/C8H5BrFNO4/c9-7-5(11(14)15)2-1-4(8(7)10)3-6(12)13/h1-2H,3H2,(H,12,13). The van der Waals surface area contributed by atoms with Crippen molar-refractivity contribution in [2.24, 2.45) is 0 Å². The van der Waals surface area contributed by atoms with Crippen LogP contribution in [0.4, 0.5) is 10.1 Å². The highest BCUT2D eigenvalue weighted by atomic mass is 79.9. The lowest BCUT2D eigenvalue weighted by Gasteiger charge is -2.02. The predicted molar refractivity (Wildman–Crippen MR) is 52.1 cm³/mol. The lowest BCUT2D eigenvalue weighted by Crippen LogP contribution is -2.04. The molecule has 15 heavy (non-hydrogen) atoms. The van der Waals surface area contributed by atoms with Gasteiger partial charge >= 0.3 is 5.97 Å². The van der Waals surface area contributed by atoms with E-state index in [1.54, 1.807) is 0 Å². The van der Waals surface area contributed by atoms with Crippen molar-refractivity contribution in [1.29, 1.82) is 0 Å². The summed E-state index contributed by atoms with van der Waals surface area (Å²) < 4.78 is 13.0. The average molecular weight is 278 g/mol. The third-order valence-electron chi connectivity index (χ3n) is 1.68. The number of benzene rings is 1. The molecule has 1 aromatic carbocycles. The van der Waals surface area contributed by atoms with Crippen LogP contribution in [0.15, 0.2) is 16.6 Å². The third kappa shape index (κ3) is 2.50. The fraction of sp³-hybridized carbons (Fsp3) is 0.125. The number of carbonyl (C=O) groups is 1. The quantitative estimate of drug-likeness (QED) is 0.678. The molecular weight excluding hydrogens is 273 g/mol. The SMILES string of the molecule is O=C(O)Cc1ccc([N+](=O)[O-])c(Br)c1F. The second-order valence-corrected chi connectivity index (χ2v) is 3.49. The first-order valence-corrected chi connectivity index (χ1v) is 4.56. The highest BCUT2D eigenvalue weighted by Crippen LogP contribution is 2.29. The smallest absolute Gasteiger partial charge is 0.307 e. The molecule has 0 saturated carbocycles. The van der Waals surface area contributed by atoms with E-state index in [0.29, 0.717) is 0 Å². The number of halogens is 2. The topological polar surface area (TPSA) is 80.4 Å². The molecule has 0 bridgehead atoms. The monoisotopic (exact) mass is 277 g/mol. The van der Waals surface area contributed by atoms with Crippen LogP contribution in [0.25, 0.3) is 0 Å². The fourth-order valence-electron chi connectivity index (χ4n) is 1.02. The summed E-state index contributed by atoms with van der Waals surface area (Å²) in [7, 11) is 0. The Kier molecular flexibility index (Phi) is 3.35. The molecule has 0 aliphatic rings. The molecule has 0 spiro atoms. The van der Waals surface area contributed by atoms with Crippen LogP contribution in [0.3, 0.4) is 0 Å². The van der Waals surface area contributed by atoms with Gasteiger partial charge < -0.3 is 5.11 Å². The number of hydrogen-bond acceptors (Lipinski definition) is 3. The van der Waals surface area contributed by atoms with Gasteiger partial charge in [0.05, 0.1) is 11.3 Å². The molecule has 0 heterocycles. The molecule has 1 rings (SSSR count). The van der Waals surface area contributed by atoms with Gasteiger partial charge in [-0.25, -0.2) is 4.39 Å². The molecular formula is C8H5BrFNO4. The number of nitrogens with zero attached hydrogens (tertiary/aromatic N) is 1. The molecule has 7 heteroatoms. The Morgan fingerprint density at radius 2 is 2.20 bits per heavy atom. The number of aliphatic carboxylic acids is 1. The first-order chi connectivity index (χ1) is 6.93. The summed E-state index contributed by atoms with van der Waals surface area (Å²) in [6.45, 7) is 0. The number of carboxylic acid groups (broad SMARTS) is 1. The fourth-order valence-corrected chi connectivity index (χ4v) is 1.55. The number of rotatable bonds is 3. The van der Waals surface area contributed by atoms with Crippen molar-refractivity contribution in [2.45, 2.75) is 6.42 Å². The van der Waals surface area contributed by atoms with Gasteiger partial charge in [0.15, 0.2) is 0 Å². The minimum absolute atomic E-state index is 0.0972. The maximum Gasteiger partial charge on any atom is 0.307 e. The van der Waals surface area contributed by atoms with Crippen molar-refractivity contribution >= 4 is 27.6 Å². The number of hydrogen-bond donors (Lipinski definition) is 1. The summed E-state index contributed by atoms with van der Waals surface area (Å²) in [4.78, 5) is 20.0. The van der Waals surface area contributed by atoms with Gasteiger partial charge in [0.2, 0.25) is 0 Å². The second-order valence-electron chi connectivity index (χ2n) is 2.70. The summed E-state index contributed by atoms with van der Waals surface area (Å²) in [5, 5.41) is 18.8. The molecule has 0 fully saturated rings. The van der Waals surface area contributed by atoms with Gasteiger partial charge in [-0.3, -0.25) is 14.9 Å². The molecule has 0 radical (unpaired) electrons. The molecule has 0 unspecified atom stereocenters. The Balaban J connectivity index is 3.21. The van der Waals surface area contributed by atoms with Crippen LogP contribution < -0.4 is 0 Å². The van der Waals surface area contributed by atoms with Crippen LogP contribution in [0, 0.1) is 15.9 Å². The van der Waals surface area contributed by atoms with Gasteiger partial charge in [-0.05, 0) is 22.0 Å². The van der Waals surface area contributed by atoms with Crippen molar-refractivity contribution in [3.63, 3.8) is 0 Å². The zero-order chi connectivity index (χ0) is 11.6. The van der Waals surface area contributed by atoms with Crippen LogP contribution in [0.1, 0.15) is 5.56 Å². The lowest BCUT2D eigenvalue weighted by atomic mass is 10.1. The van der Waals surface area contributed by atoms with Gasteiger partial charge in [-0.1, -0.05) is 0 Å². The molecule has 80 valence electrons. The van der Waals surface area contributed by atoms with E-state index in [9.17, 15) is 19.3 Å². The second kappa shape index (κ2) is 4.35. The van der Waals surface area contributed by atoms with E-state index < -0.39 is 28.8 Å². The molecule has 0 aliphatic heterocycles. The summed E-state index contributed by atoms with van der Waals surface area (Å²) in [5.41, 5.74) is -0.526. The minimum atomic E-state index is -1.20. The number of nitro groups is 1. The Labute approximate surface area is 91.8 Å². The van der Waals surface area contributed by atoms with Gasteiger partial charge in [0, 0.05) is 11.6 Å². The molecule has 0 amide bonds. The summed E-state index contributed by atoms with van der Waals surface area (Å²) >= 11 is 2.71. The third-order valence-corrected chi connectivity index (χ3v) is 2.43. The molecule has 5 nitrogen and oxygen atoms in total. The minimum Gasteiger partial charge on any atom is -0.481 e. The van der Waals surface area contributed by atoms with Crippen LogP contribution >= 0.6 is 15.9 Å². The van der Waals surface area contributed by atoms with E-state index in [0.717, 1.165) is 12.1 Å². The molecule has 1 aromatic rings. The maximum atomic E-state index is 13.4. The zero-order valence-corrected chi connectivity index (χ0v) is 8.82. The molecule has 0 aliphatic carbocycles. The van der Waals surface area contributed by atoms with E-state index >= 15 is 0 Å². The largest absolute Gasteiger partial charge is 0.481 e. The van der Waals surface area contributed by atoms with Crippen LogP contribution in [0.5, 0.6) is 0 Å². The van der Waals surface area contributed by atoms with Gasteiger partial charge in [-0.2, -0.15) is 0 Å². The van der Waals surface area contributed by atoms with E-state index in [1.165, 1.54) is 0 Å². The van der Waals surface area contributed by atoms with E-state index in [1.807, 2.05) is 0 Å². The molecule has 1 N–H and O–H groups in total. The molecule has 0 atom stereocenters. The lowest BCUT2D eigenvalue weighted by molar-refractivity contribution is -0.385. The Morgan fingerprint density at radius 3 is 2.67 bits per heavy atom. The maximum absolute atomic E-state index is 13.4.